The summed E-state index contributed by atoms with van der Waals surface area (Å²) in [6.07, 6.45) is 2.73. The molecule has 1 unspecified atom stereocenters. The van der Waals surface area contributed by atoms with Gasteiger partial charge in [-0.15, -0.1) is 0 Å². The first-order valence-electron chi connectivity index (χ1n) is 7.03. The highest BCUT2D eigenvalue weighted by atomic mass is 16.5. The summed E-state index contributed by atoms with van der Waals surface area (Å²) in [7, 11) is 0. The summed E-state index contributed by atoms with van der Waals surface area (Å²) >= 11 is 0. The molecule has 0 amide bonds. The van der Waals surface area contributed by atoms with Gasteiger partial charge in [-0.2, -0.15) is 0 Å². The molecule has 1 aliphatic heterocycles. The highest BCUT2D eigenvalue weighted by molar-refractivity contribution is 5.47. The van der Waals surface area contributed by atoms with Crippen molar-refractivity contribution in [3.8, 4) is 11.5 Å². The van der Waals surface area contributed by atoms with Crippen molar-refractivity contribution in [1.82, 2.24) is 5.32 Å². The molecule has 0 fully saturated rings. The number of rotatable bonds is 6. The van der Waals surface area contributed by atoms with Gasteiger partial charge in [0, 0.05) is 31.2 Å². The molecule has 19 heavy (non-hydrogen) atoms. The van der Waals surface area contributed by atoms with Crippen LogP contribution >= 0.6 is 0 Å². The van der Waals surface area contributed by atoms with Crippen molar-refractivity contribution >= 4 is 0 Å². The van der Waals surface area contributed by atoms with Crippen LogP contribution in [-0.4, -0.2) is 31.0 Å². The Bertz CT molecular complexity index is 395. The van der Waals surface area contributed by atoms with Gasteiger partial charge >= 0.3 is 0 Å². The van der Waals surface area contributed by atoms with Gasteiger partial charge in [-0.25, -0.2) is 0 Å². The van der Waals surface area contributed by atoms with Crippen molar-refractivity contribution in [3.05, 3.63) is 23.8 Å². The van der Waals surface area contributed by atoms with Crippen molar-refractivity contribution in [2.24, 2.45) is 0 Å². The summed E-state index contributed by atoms with van der Waals surface area (Å²) in [5.41, 5.74) is 1.13. The molecule has 4 heteroatoms. The first-order chi connectivity index (χ1) is 9.31. The molecule has 4 nitrogen and oxygen atoms in total. The third-order valence-electron chi connectivity index (χ3n) is 3.29. The molecule has 0 bridgehead atoms. The number of ether oxygens (including phenoxy) is 2. The minimum absolute atomic E-state index is 0.254. The lowest BCUT2D eigenvalue weighted by molar-refractivity contribution is 0.276. The molecule has 0 aliphatic carbocycles. The summed E-state index contributed by atoms with van der Waals surface area (Å²) in [6, 6.07) is 6.41. The Labute approximate surface area is 114 Å². The van der Waals surface area contributed by atoms with E-state index in [0.717, 1.165) is 49.5 Å². The molecule has 0 saturated heterocycles. The second kappa shape index (κ2) is 7.36. The van der Waals surface area contributed by atoms with Crippen LogP contribution in [0.4, 0.5) is 0 Å². The lowest BCUT2D eigenvalue weighted by Crippen LogP contribution is -2.25. The van der Waals surface area contributed by atoms with Gasteiger partial charge in [0.1, 0.15) is 0 Å². The highest BCUT2D eigenvalue weighted by Crippen LogP contribution is 2.33. The van der Waals surface area contributed by atoms with E-state index in [1.165, 1.54) is 0 Å². The van der Waals surface area contributed by atoms with Gasteiger partial charge in [0.2, 0.25) is 0 Å². The Morgan fingerprint density at radius 3 is 3.00 bits per heavy atom. The number of hydrogen-bond donors (Lipinski definition) is 2. The van der Waals surface area contributed by atoms with E-state index in [9.17, 15) is 0 Å². The van der Waals surface area contributed by atoms with Gasteiger partial charge in [0.05, 0.1) is 13.2 Å². The second-order valence-corrected chi connectivity index (χ2v) is 4.94. The maximum absolute atomic E-state index is 8.83. The zero-order valence-corrected chi connectivity index (χ0v) is 11.5. The van der Waals surface area contributed by atoms with Gasteiger partial charge < -0.3 is 19.9 Å². The van der Waals surface area contributed by atoms with Crippen molar-refractivity contribution in [3.63, 3.8) is 0 Å². The molecule has 0 radical (unpaired) electrons. The van der Waals surface area contributed by atoms with Crippen molar-refractivity contribution in [2.45, 2.75) is 38.8 Å². The van der Waals surface area contributed by atoms with Crippen LogP contribution in [0.1, 0.15) is 31.7 Å². The predicted molar refractivity (Wildman–Crippen MR) is 74.7 cm³/mol. The van der Waals surface area contributed by atoms with Crippen LogP contribution < -0.4 is 14.8 Å². The second-order valence-electron chi connectivity index (χ2n) is 4.94. The summed E-state index contributed by atoms with van der Waals surface area (Å²) < 4.78 is 11.5. The zero-order valence-electron chi connectivity index (χ0n) is 11.5. The Morgan fingerprint density at radius 1 is 1.32 bits per heavy atom. The van der Waals surface area contributed by atoms with Crippen LogP contribution in [0.3, 0.4) is 0 Å². The molecule has 0 saturated carbocycles. The van der Waals surface area contributed by atoms with E-state index in [2.05, 4.69) is 18.3 Å². The molecule has 1 aliphatic rings. The van der Waals surface area contributed by atoms with Crippen LogP contribution in [-0.2, 0) is 6.54 Å². The van der Waals surface area contributed by atoms with Gasteiger partial charge in [0.15, 0.2) is 11.5 Å². The highest BCUT2D eigenvalue weighted by Gasteiger charge is 2.14. The van der Waals surface area contributed by atoms with Crippen LogP contribution in [0, 0.1) is 0 Å². The lowest BCUT2D eigenvalue weighted by atomic mass is 10.1. The molecule has 1 aromatic rings. The van der Waals surface area contributed by atoms with E-state index in [1.807, 2.05) is 12.1 Å². The number of nitrogens with one attached hydrogen (secondary N) is 1. The smallest absolute Gasteiger partial charge is 0.165 e. The number of aliphatic hydroxyl groups is 1. The first kappa shape index (κ1) is 14.2. The monoisotopic (exact) mass is 265 g/mol. The Hall–Kier alpha value is -1.26. The van der Waals surface area contributed by atoms with E-state index in [4.69, 9.17) is 14.6 Å². The fraction of sp³-hybridized carbons (Fsp3) is 0.600. The summed E-state index contributed by atoms with van der Waals surface area (Å²) in [5.74, 6) is 1.72. The molecular weight excluding hydrogens is 242 g/mol. The summed E-state index contributed by atoms with van der Waals surface area (Å²) in [5, 5.41) is 12.3. The fourth-order valence-electron chi connectivity index (χ4n) is 2.18. The largest absolute Gasteiger partial charge is 0.490 e. The maximum atomic E-state index is 8.83. The van der Waals surface area contributed by atoms with Crippen LogP contribution in [0.2, 0.25) is 0 Å². The molecule has 1 aromatic carbocycles. The Morgan fingerprint density at radius 2 is 2.16 bits per heavy atom. The molecule has 1 heterocycles. The summed E-state index contributed by atoms with van der Waals surface area (Å²) in [4.78, 5) is 0. The van der Waals surface area contributed by atoms with Crippen molar-refractivity contribution < 1.29 is 14.6 Å². The average molecular weight is 265 g/mol. The van der Waals surface area contributed by atoms with Crippen LogP contribution in [0.5, 0.6) is 11.5 Å². The van der Waals surface area contributed by atoms with E-state index in [0.29, 0.717) is 12.6 Å². The molecule has 0 aromatic heterocycles. The lowest BCUT2D eigenvalue weighted by Gasteiger charge is -2.16. The zero-order chi connectivity index (χ0) is 13.5. The quantitative estimate of drug-likeness (QED) is 0.827. The maximum Gasteiger partial charge on any atom is 0.165 e. The van der Waals surface area contributed by atoms with Crippen LogP contribution in [0.25, 0.3) is 0 Å². The molecule has 2 N–H and O–H groups in total. The summed E-state index contributed by atoms with van der Waals surface area (Å²) in [6.45, 7) is 4.58. The van der Waals surface area contributed by atoms with E-state index >= 15 is 0 Å². The van der Waals surface area contributed by atoms with E-state index in [1.54, 1.807) is 0 Å². The SMILES string of the molecule is CC(CCCO)NCc1cccc2c1OCCCO2. The van der Waals surface area contributed by atoms with E-state index < -0.39 is 0 Å². The number of fused-ring (bicyclic) bond motifs is 1. The number of para-hydroxylation sites is 1. The first-order valence-corrected chi connectivity index (χ1v) is 7.03. The number of benzene rings is 1. The Kier molecular flexibility index (Phi) is 5.48. The minimum Gasteiger partial charge on any atom is -0.490 e. The minimum atomic E-state index is 0.254. The van der Waals surface area contributed by atoms with Gasteiger partial charge in [0.25, 0.3) is 0 Å². The molecule has 106 valence electrons. The Balaban J connectivity index is 1.96. The molecule has 0 spiro atoms. The predicted octanol–water partition coefficient (Wildman–Crippen LogP) is 2.10. The number of aliphatic hydroxyl groups excluding tert-OH is 1. The molecule has 1 atom stereocenters. The topological polar surface area (TPSA) is 50.7 Å². The number of hydrogen-bond acceptors (Lipinski definition) is 4. The standard InChI is InChI=1S/C15H23NO3/c1-12(5-3-8-17)16-11-13-6-2-7-14-15(13)19-10-4-9-18-14/h2,6-7,12,16-17H,3-5,8-11H2,1H3. The molecular formula is C15H23NO3. The van der Waals surface area contributed by atoms with Crippen molar-refractivity contribution in [1.29, 1.82) is 0 Å². The molecule has 2 rings (SSSR count). The normalized spacial score (nSPS) is 15.9. The third-order valence-corrected chi connectivity index (χ3v) is 3.29. The van der Waals surface area contributed by atoms with Crippen LogP contribution in [0.15, 0.2) is 18.2 Å². The third kappa shape index (κ3) is 4.11. The van der Waals surface area contributed by atoms with E-state index in [-0.39, 0.29) is 6.61 Å². The average Bonchev–Trinajstić information content (AvgIpc) is 2.68. The van der Waals surface area contributed by atoms with Crippen molar-refractivity contribution in [2.75, 3.05) is 19.8 Å². The fourth-order valence-corrected chi connectivity index (χ4v) is 2.18. The van der Waals surface area contributed by atoms with Gasteiger partial charge in [-0.1, -0.05) is 12.1 Å². The van der Waals surface area contributed by atoms with Gasteiger partial charge in [-0.3, -0.25) is 0 Å². The van der Waals surface area contributed by atoms with Gasteiger partial charge in [-0.05, 0) is 25.8 Å².